The minimum Gasteiger partial charge on any atom is -0.496 e. The van der Waals surface area contributed by atoms with Crippen molar-refractivity contribution in [2.24, 2.45) is 0 Å². The van der Waals surface area contributed by atoms with E-state index in [2.05, 4.69) is 20.6 Å². The standard InChI is InChI=1S/C19H18N4O2/c1-25-17-7-3-2-6-16(17)19(24)23-15-8-9-18(22-13-15)21-12-14-5-4-10-20-11-14/h2-11,13H,12H2,1H3,(H,21,22)(H,23,24). The van der Waals surface area contributed by atoms with E-state index in [-0.39, 0.29) is 5.91 Å². The van der Waals surface area contributed by atoms with Gasteiger partial charge < -0.3 is 15.4 Å². The lowest BCUT2D eigenvalue weighted by atomic mass is 10.2. The van der Waals surface area contributed by atoms with Gasteiger partial charge in [0.05, 0.1) is 24.6 Å². The predicted molar refractivity (Wildman–Crippen MR) is 96.7 cm³/mol. The summed E-state index contributed by atoms with van der Waals surface area (Å²) in [5, 5.41) is 6.02. The van der Waals surface area contributed by atoms with Crippen molar-refractivity contribution in [2.45, 2.75) is 6.54 Å². The minimum absolute atomic E-state index is 0.240. The van der Waals surface area contributed by atoms with Crippen LogP contribution in [0.2, 0.25) is 0 Å². The first-order valence-corrected chi connectivity index (χ1v) is 7.79. The van der Waals surface area contributed by atoms with Crippen molar-refractivity contribution < 1.29 is 9.53 Å². The molecule has 0 aliphatic rings. The lowest BCUT2D eigenvalue weighted by Crippen LogP contribution is -2.13. The second kappa shape index (κ2) is 7.92. The smallest absolute Gasteiger partial charge is 0.259 e. The van der Waals surface area contributed by atoms with Crippen LogP contribution in [0.3, 0.4) is 0 Å². The Bertz CT molecular complexity index is 836. The highest BCUT2D eigenvalue weighted by Gasteiger charge is 2.11. The van der Waals surface area contributed by atoms with Gasteiger partial charge in [-0.15, -0.1) is 0 Å². The summed E-state index contributed by atoms with van der Waals surface area (Å²) in [5.41, 5.74) is 2.16. The van der Waals surface area contributed by atoms with Gasteiger partial charge >= 0.3 is 0 Å². The normalized spacial score (nSPS) is 10.1. The molecular weight excluding hydrogens is 316 g/mol. The largest absolute Gasteiger partial charge is 0.496 e. The van der Waals surface area contributed by atoms with Crippen LogP contribution >= 0.6 is 0 Å². The molecule has 2 aromatic heterocycles. The number of ether oxygens (including phenoxy) is 1. The SMILES string of the molecule is COc1ccccc1C(=O)Nc1ccc(NCc2cccnc2)nc1. The number of benzene rings is 1. The van der Waals surface area contributed by atoms with Gasteiger partial charge in [-0.25, -0.2) is 4.98 Å². The van der Waals surface area contributed by atoms with Gasteiger partial charge in [0.2, 0.25) is 0 Å². The van der Waals surface area contributed by atoms with Gasteiger partial charge in [-0.2, -0.15) is 0 Å². The van der Waals surface area contributed by atoms with E-state index in [9.17, 15) is 4.79 Å². The summed E-state index contributed by atoms with van der Waals surface area (Å²) in [6.45, 7) is 0.633. The first-order valence-electron chi connectivity index (χ1n) is 7.79. The Kier molecular flexibility index (Phi) is 5.21. The van der Waals surface area contributed by atoms with Crippen molar-refractivity contribution >= 4 is 17.4 Å². The van der Waals surface area contributed by atoms with E-state index in [1.807, 2.05) is 24.3 Å². The molecule has 0 saturated heterocycles. The lowest BCUT2D eigenvalue weighted by Gasteiger charge is -2.10. The van der Waals surface area contributed by atoms with Crippen LogP contribution < -0.4 is 15.4 Å². The summed E-state index contributed by atoms with van der Waals surface area (Å²) in [7, 11) is 1.54. The van der Waals surface area contributed by atoms with Crippen molar-refractivity contribution in [3.63, 3.8) is 0 Å². The zero-order chi connectivity index (χ0) is 17.5. The lowest BCUT2D eigenvalue weighted by molar-refractivity contribution is 0.102. The maximum atomic E-state index is 12.3. The molecule has 1 aromatic carbocycles. The maximum absolute atomic E-state index is 12.3. The van der Waals surface area contributed by atoms with Crippen molar-refractivity contribution in [3.8, 4) is 5.75 Å². The van der Waals surface area contributed by atoms with Crippen LogP contribution in [0.25, 0.3) is 0 Å². The number of hydrogen-bond donors (Lipinski definition) is 2. The van der Waals surface area contributed by atoms with E-state index in [0.717, 1.165) is 11.4 Å². The van der Waals surface area contributed by atoms with E-state index in [0.29, 0.717) is 23.5 Å². The molecule has 126 valence electrons. The Morgan fingerprint density at radius 3 is 2.68 bits per heavy atom. The van der Waals surface area contributed by atoms with Crippen LogP contribution in [0.4, 0.5) is 11.5 Å². The molecule has 2 heterocycles. The Morgan fingerprint density at radius 1 is 1.08 bits per heavy atom. The number of amides is 1. The van der Waals surface area contributed by atoms with Gasteiger partial charge in [0.25, 0.3) is 5.91 Å². The van der Waals surface area contributed by atoms with Gasteiger partial charge in [-0.1, -0.05) is 18.2 Å². The Labute approximate surface area is 145 Å². The fourth-order valence-electron chi connectivity index (χ4n) is 2.30. The van der Waals surface area contributed by atoms with Gasteiger partial charge in [-0.3, -0.25) is 9.78 Å². The number of aromatic nitrogens is 2. The fraction of sp³-hybridized carbons (Fsp3) is 0.105. The number of rotatable bonds is 6. The molecule has 0 unspecified atom stereocenters. The number of anilines is 2. The molecule has 0 spiro atoms. The van der Waals surface area contributed by atoms with Crippen molar-refractivity contribution in [3.05, 3.63) is 78.2 Å². The molecule has 0 fully saturated rings. The second-order valence-electron chi connectivity index (χ2n) is 5.30. The van der Waals surface area contributed by atoms with Crippen LogP contribution in [-0.2, 0) is 6.54 Å². The Hall–Kier alpha value is -3.41. The molecule has 0 saturated carbocycles. The number of nitrogens with one attached hydrogen (secondary N) is 2. The molecule has 6 heteroatoms. The number of methoxy groups -OCH3 is 1. The number of carbonyl (C=O) groups is 1. The second-order valence-corrected chi connectivity index (χ2v) is 5.30. The molecular formula is C19H18N4O2. The topological polar surface area (TPSA) is 76.1 Å². The van der Waals surface area contributed by atoms with Gasteiger partial charge in [0.15, 0.2) is 0 Å². The molecule has 3 aromatic rings. The highest BCUT2D eigenvalue weighted by molar-refractivity contribution is 6.06. The average molecular weight is 334 g/mol. The summed E-state index contributed by atoms with van der Waals surface area (Å²) in [6, 6.07) is 14.6. The third kappa shape index (κ3) is 4.32. The quantitative estimate of drug-likeness (QED) is 0.723. The van der Waals surface area contributed by atoms with Crippen LogP contribution in [0.1, 0.15) is 15.9 Å². The Balaban J connectivity index is 1.61. The van der Waals surface area contributed by atoms with Gasteiger partial charge in [-0.05, 0) is 35.9 Å². The first-order chi connectivity index (χ1) is 12.3. The van der Waals surface area contributed by atoms with E-state index >= 15 is 0 Å². The summed E-state index contributed by atoms with van der Waals surface area (Å²) in [4.78, 5) is 20.7. The zero-order valence-electron chi connectivity index (χ0n) is 13.8. The highest BCUT2D eigenvalue weighted by atomic mass is 16.5. The molecule has 0 aliphatic heterocycles. The van der Waals surface area contributed by atoms with Crippen LogP contribution in [0.15, 0.2) is 67.1 Å². The Morgan fingerprint density at radius 2 is 1.96 bits per heavy atom. The summed E-state index contributed by atoms with van der Waals surface area (Å²) in [6.07, 6.45) is 5.15. The maximum Gasteiger partial charge on any atom is 0.259 e. The number of carbonyl (C=O) groups excluding carboxylic acids is 1. The van der Waals surface area contributed by atoms with E-state index in [1.165, 1.54) is 7.11 Å². The fourth-order valence-corrected chi connectivity index (χ4v) is 2.30. The molecule has 0 atom stereocenters. The average Bonchev–Trinajstić information content (AvgIpc) is 2.68. The van der Waals surface area contributed by atoms with Gasteiger partial charge in [0.1, 0.15) is 11.6 Å². The van der Waals surface area contributed by atoms with E-state index in [4.69, 9.17) is 4.74 Å². The van der Waals surface area contributed by atoms with Gasteiger partial charge in [0, 0.05) is 18.9 Å². The molecule has 1 amide bonds. The summed E-state index contributed by atoms with van der Waals surface area (Å²) >= 11 is 0. The molecule has 25 heavy (non-hydrogen) atoms. The predicted octanol–water partition coefficient (Wildman–Crippen LogP) is 3.35. The van der Waals surface area contributed by atoms with Crippen LogP contribution in [0, 0.1) is 0 Å². The monoisotopic (exact) mass is 334 g/mol. The first kappa shape index (κ1) is 16.4. The summed E-state index contributed by atoms with van der Waals surface area (Å²) in [5.74, 6) is 1.01. The number of pyridine rings is 2. The molecule has 6 nitrogen and oxygen atoms in total. The summed E-state index contributed by atoms with van der Waals surface area (Å²) < 4.78 is 5.21. The number of nitrogens with zero attached hydrogens (tertiary/aromatic N) is 2. The highest BCUT2D eigenvalue weighted by Crippen LogP contribution is 2.19. The molecule has 0 aliphatic carbocycles. The zero-order valence-corrected chi connectivity index (χ0v) is 13.8. The molecule has 0 bridgehead atoms. The molecule has 0 radical (unpaired) electrons. The van der Waals surface area contributed by atoms with Crippen LogP contribution in [0.5, 0.6) is 5.75 Å². The van der Waals surface area contributed by atoms with E-state index in [1.54, 1.807) is 42.9 Å². The van der Waals surface area contributed by atoms with E-state index < -0.39 is 0 Å². The third-order valence-corrected chi connectivity index (χ3v) is 3.57. The molecule has 2 N–H and O–H groups in total. The van der Waals surface area contributed by atoms with Crippen LogP contribution in [-0.4, -0.2) is 23.0 Å². The third-order valence-electron chi connectivity index (χ3n) is 3.57. The number of hydrogen-bond acceptors (Lipinski definition) is 5. The van der Waals surface area contributed by atoms with Crippen molar-refractivity contribution in [1.29, 1.82) is 0 Å². The van der Waals surface area contributed by atoms with Crippen molar-refractivity contribution in [1.82, 2.24) is 9.97 Å². The van der Waals surface area contributed by atoms with Crippen molar-refractivity contribution in [2.75, 3.05) is 17.7 Å². The molecule has 3 rings (SSSR count). The minimum atomic E-state index is -0.240. The number of para-hydroxylation sites is 1.